The second kappa shape index (κ2) is 7.44. The first kappa shape index (κ1) is 18.2. The van der Waals surface area contributed by atoms with E-state index in [0.717, 1.165) is 11.3 Å². The third-order valence-corrected chi connectivity index (χ3v) is 5.02. The number of aryl methyl sites for hydroxylation is 4. The molecule has 28 heavy (non-hydrogen) atoms. The van der Waals surface area contributed by atoms with Gasteiger partial charge in [0.05, 0.1) is 5.69 Å². The number of pyridine rings is 1. The van der Waals surface area contributed by atoms with E-state index in [9.17, 15) is 0 Å². The largest absolute Gasteiger partial charge is 0.255 e. The Morgan fingerprint density at radius 1 is 0.500 bits per heavy atom. The molecule has 0 aliphatic heterocycles. The maximum Gasteiger partial charge on any atom is 0.0780 e. The molecule has 1 aromatic heterocycles. The van der Waals surface area contributed by atoms with E-state index in [2.05, 4.69) is 94.4 Å². The van der Waals surface area contributed by atoms with Crippen LogP contribution in [0.3, 0.4) is 0 Å². The number of benzene rings is 3. The first-order chi connectivity index (χ1) is 13.5. The zero-order chi connectivity index (χ0) is 19.7. The van der Waals surface area contributed by atoms with Crippen molar-refractivity contribution in [3.8, 4) is 33.5 Å². The number of hydrogen-bond donors (Lipinski definition) is 0. The van der Waals surface area contributed by atoms with Crippen molar-refractivity contribution < 1.29 is 0 Å². The Labute approximate surface area is 167 Å². The highest BCUT2D eigenvalue weighted by atomic mass is 14.7. The molecule has 0 amide bonds. The van der Waals surface area contributed by atoms with Gasteiger partial charge in [-0.3, -0.25) is 4.98 Å². The van der Waals surface area contributed by atoms with Gasteiger partial charge < -0.3 is 0 Å². The van der Waals surface area contributed by atoms with Crippen molar-refractivity contribution in [1.29, 1.82) is 0 Å². The fourth-order valence-corrected chi connectivity index (χ4v) is 3.94. The van der Waals surface area contributed by atoms with Crippen LogP contribution < -0.4 is 0 Å². The average molecular weight is 364 g/mol. The van der Waals surface area contributed by atoms with E-state index in [1.807, 2.05) is 12.3 Å². The molecule has 4 rings (SSSR count). The Morgan fingerprint density at radius 3 is 1.61 bits per heavy atom. The normalized spacial score (nSPS) is 10.9. The minimum absolute atomic E-state index is 1.04. The predicted octanol–water partition coefficient (Wildman–Crippen LogP) is 7.32. The predicted molar refractivity (Wildman–Crippen MR) is 119 cm³/mol. The zero-order valence-corrected chi connectivity index (χ0v) is 17.0. The summed E-state index contributed by atoms with van der Waals surface area (Å²) >= 11 is 0. The fraction of sp³-hybridized carbons (Fsp3) is 0.148. The highest BCUT2D eigenvalue weighted by molar-refractivity contribution is 5.85. The van der Waals surface area contributed by atoms with Gasteiger partial charge in [-0.2, -0.15) is 0 Å². The second-order valence-corrected chi connectivity index (χ2v) is 7.74. The number of nitrogens with zero attached hydrogens (tertiary/aromatic N) is 1. The Hall–Kier alpha value is -3.19. The molecular weight excluding hydrogens is 338 g/mol. The lowest BCUT2D eigenvalue weighted by atomic mass is 9.93. The van der Waals surface area contributed by atoms with Crippen molar-refractivity contribution >= 4 is 0 Å². The lowest BCUT2D eigenvalue weighted by molar-refractivity contribution is 1.30. The number of aromatic nitrogens is 1. The fourth-order valence-electron chi connectivity index (χ4n) is 3.94. The maximum atomic E-state index is 4.94. The minimum Gasteiger partial charge on any atom is -0.255 e. The second-order valence-electron chi connectivity index (χ2n) is 7.74. The molecule has 0 unspecified atom stereocenters. The van der Waals surface area contributed by atoms with Gasteiger partial charge in [0.25, 0.3) is 0 Å². The first-order valence-electron chi connectivity index (χ1n) is 9.72. The van der Waals surface area contributed by atoms with Crippen LogP contribution in [0, 0.1) is 27.7 Å². The molecule has 0 bridgehead atoms. The Kier molecular flexibility index (Phi) is 4.83. The molecule has 138 valence electrons. The minimum atomic E-state index is 1.04. The van der Waals surface area contributed by atoms with E-state index in [4.69, 9.17) is 4.98 Å². The first-order valence-corrected chi connectivity index (χ1v) is 9.72. The van der Waals surface area contributed by atoms with Crippen molar-refractivity contribution in [3.63, 3.8) is 0 Å². The Bertz CT molecular complexity index is 1100. The van der Waals surface area contributed by atoms with Crippen LogP contribution in [0.2, 0.25) is 0 Å². The highest BCUT2D eigenvalue weighted by Gasteiger charge is 2.13. The van der Waals surface area contributed by atoms with Crippen LogP contribution in [0.25, 0.3) is 33.5 Å². The van der Waals surface area contributed by atoms with Gasteiger partial charge >= 0.3 is 0 Å². The van der Waals surface area contributed by atoms with Crippen LogP contribution >= 0.6 is 0 Å². The van der Waals surface area contributed by atoms with Crippen LogP contribution in [0.15, 0.2) is 79.0 Å². The van der Waals surface area contributed by atoms with Gasteiger partial charge in [0.15, 0.2) is 0 Å². The summed E-state index contributed by atoms with van der Waals surface area (Å²) in [7, 11) is 0. The molecule has 1 nitrogen and oxygen atoms in total. The van der Waals surface area contributed by atoms with Gasteiger partial charge in [0, 0.05) is 22.9 Å². The van der Waals surface area contributed by atoms with Crippen LogP contribution in [-0.4, -0.2) is 4.98 Å². The Morgan fingerprint density at radius 2 is 1.04 bits per heavy atom. The summed E-state index contributed by atoms with van der Waals surface area (Å²) < 4.78 is 0. The molecule has 0 N–H and O–H groups in total. The topological polar surface area (TPSA) is 12.9 Å². The maximum absolute atomic E-state index is 4.94. The van der Waals surface area contributed by atoms with Crippen LogP contribution in [0.1, 0.15) is 22.3 Å². The van der Waals surface area contributed by atoms with Crippen molar-refractivity contribution in [2.75, 3.05) is 0 Å². The molecule has 1 heteroatoms. The zero-order valence-electron chi connectivity index (χ0n) is 17.0. The van der Waals surface area contributed by atoms with Gasteiger partial charge in [0.1, 0.15) is 0 Å². The molecule has 0 aliphatic rings. The van der Waals surface area contributed by atoms with Crippen LogP contribution in [0.4, 0.5) is 0 Å². The summed E-state index contributed by atoms with van der Waals surface area (Å²) in [4.78, 5) is 4.94. The van der Waals surface area contributed by atoms with E-state index in [1.165, 1.54) is 44.5 Å². The Balaban J connectivity index is 1.97. The van der Waals surface area contributed by atoms with E-state index >= 15 is 0 Å². The molecule has 0 spiro atoms. The van der Waals surface area contributed by atoms with Gasteiger partial charge in [-0.1, -0.05) is 76.9 Å². The van der Waals surface area contributed by atoms with E-state index in [0.29, 0.717) is 0 Å². The van der Waals surface area contributed by atoms with Crippen molar-refractivity contribution in [2.24, 2.45) is 0 Å². The summed E-state index contributed by atoms with van der Waals surface area (Å²) in [5.41, 5.74) is 12.0. The van der Waals surface area contributed by atoms with E-state index in [1.54, 1.807) is 0 Å². The molecule has 0 aliphatic carbocycles. The van der Waals surface area contributed by atoms with Gasteiger partial charge in [-0.15, -0.1) is 0 Å². The summed E-state index contributed by atoms with van der Waals surface area (Å²) in [6.45, 7) is 8.60. The monoisotopic (exact) mass is 363 g/mol. The molecule has 1 heterocycles. The van der Waals surface area contributed by atoms with Crippen molar-refractivity contribution in [2.45, 2.75) is 27.7 Å². The third-order valence-electron chi connectivity index (χ3n) is 5.02. The van der Waals surface area contributed by atoms with Crippen LogP contribution in [-0.2, 0) is 0 Å². The summed E-state index contributed by atoms with van der Waals surface area (Å²) in [5, 5.41) is 0. The molecule has 0 atom stereocenters. The number of rotatable bonds is 3. The van der Waals surface area contributed by atoms with E-state index < -0.39 is 0 Å². The summed E-state index contributed by atoms with van der Waals surface area (Å²) in [6, 6.07) is 26.1. The van der Waals surface area contributed by atoms with E-state index in [-0.39, 0.29) is 0 Å². The number of hydrogen-bond acceptors (Lipinski definition) is 1. The third kappa shape index (κ3) is 3.75. The molecule has 0 fully saturated rings. The molecule has 0 saturated carbocycles. The SMILES string of the molecule is Cc1cc(C)cc(-c2cc(-c3ccccc3)cnc2-c2cc(C)cc(C)c2)c1. The van der Waals surface area contributed by atoms with Crippen molar-refractivity contribution in [3.05, 3.63) is 101 Å². The molecule has 0 radical (unpaired) electrons. The lowest BCUT2D eigenvalue weighted by Crippen LogP contribution is -1.94. The highest BCUT2D eigenvalue weighted by Crippen LogP contribution is 2.35. The van der Waals surface area contributed by atoms with Crippen LogP contribution in [0.5, 0.6) is 0 Å². The molecule has 0 saturated heterocycles. The lowest BCUT2D eigenvalue weighted by Gasteiger charge is -2.14. The standard InChI is InChI=1S/C27H25N/c1-18-10-19(2)13-23(12-18)26-16-25(22-8-6-5-7-9-22)17-28-27(26)24-14-20(3)11-21(4)15-24/h5-17H,1-4H3. The summed E-state index contributed by atoms with van der Waals surface area (Å²) in [5.74, 6) is 0. The van der Waals surface area contributed by atoms with Gasteiger partial charge in [-0.05, 0) is 57.0 Å². The van der Waals surface area contributed by atoms with Crippen molar-refractivity contribution in [1.82, 2.24) is 4.98 Å². The molecular formula is C27H25N. The molecule has 4 aromatic rings. The van der Waals surface area contributed by atoms with Gasteiger partial charge in [-0.25, -0.2) is 0 Å². The molecule has 3 aromatic carbocycles. The summed E-state index contributed by atoms with van der Waals surface area (Å²) in [6.07, 6.45) is 1.99. The quantitative estimate of drug-likeness (QED) is 0.372. The van der Waals surface area contributed by atoms with Gasteiger partial charge in [0.2, 0.25) is 0 Å². The average Bonchev–Trinajstić information content (AvgIpc) is 2.67. The smallest absolute Gasteiger partial charge is 0.0780 e.